The quantitative estimate of drug-likeness (QED) is 0.802. The summed E-state index contributed by atoms with van der Waals surface area (Å²) in [6.07, 6.45) is 2.84. The van der Waals surface area contributed by atoms with E-state index in [4.69, 9.17) is 4.74 Å². The van der Waals surface area contributed by atoms with E-state index in [1.54, 1.807) is 15.8 Å². The number of carbonyl (C=O) groups excluding carboxylic acids is 2. The number of ether oxygens (including phenoxy) is 1. The van der Waals surface area contributed by atoms with Gasteiger partial charge in [-0.05, 0) is 40.0 Å². The molecule has 1 aromatic rings. The lowest BCUT2D eigenvalue weighted by Gasteiger charge is -2.36. The Morgan fingerprint density at radius 2 is 2.19 bits per heavy atom. The molecule has 2 heterocycles. The average molecular weight is 310 g/mol. The van der Waals surface area contributed by atoms with Gasteiger partial charge in [0.25, 0.3) is 0 Å². The van der Waals surface area contributed by atoms with Crippen LogP contribution >= 0.6 is 11.3 Å². The van der Waals surface area contributed by atoms with Gasteiger partial charge in [-0.25, -0.2) is 9.78 Å². The second-order valence-electron chi connectivity index (χ2n) is 6.32. The van der Waals surface area contributed by atoms with E-state index in [0.717, 1.165) is 19.3 Å². The number of piperidine rings is 1. The molecule has 1 aliphatic heterocycles. The molecule has 0 saturated carbocycles. The zero-order chi connectivity index (χ0) is 15.5. The molecule has 6 heteroatoms. The van der Waals surface area contributed by atoms with E-state index in [-0.39, 0.29) is 17.9 Å². The molecule has 0 bridgehead atoms. The van der Waals surface area contributed by atoms with Crippen LogP contribution < -0.4 is 0 Å². The van der Waals surface area contributed by atoms with Crippen LogP contribution in [0.5, 0.6) is 0 Å². The number of hydrogen-bond acceptors (Lipinski definition) is 5. The first-order chi connectivity index (χ1) is 9.87. The molecule has 1 amide bonds. The number of carbonyl (C=O) groups is 2. The second kappa shape index (κ2) is 6.56. The van der Waals surface area contributed by atoms with Crippen LogP contribution in [0.15, 0.2) is 10.9 Å². The molecule has 1 aliphatic rings. The third-order valence-electron chi connectivity index (χ3n) is 3.39. The molecule has 1 atom stereocenters. The molecule has 1 fully saturated rings. The molecule has 116 valence electrons. The van der Waals surface area contributed by atoms with Crippen molar-refractivity contribution in [1.29, 1.82) is 0 Å². The highest BCUT2D eigenvalue weighted by molar-refractivity contribution is 7.07. The van der Waals surface area contributed by atoms with E-state index >= 15 is 0 Å². The van der Waals surface area contributed by atoms with Gasteiger partial charge in [0, 0.05) is 24.4 Å². The van der Waals surface area contributed by atoms with E-state index < -0.39 is 5.60 Å². The van der Waals surface area contributed by atoms with Crippen molar-refractivity contribution in [3.8, 4) is 0 Å². The minimum Gasteiger partial charge on any atom is -0.444 e. The number of likely N-dealkylation sites (tertiary alicyclic amines) is 1. The fraction of sp³-hybridized carbons (Fsp3) is 0.667. The largest absolute Gasteiger partial charge is 0.444 e. The van der Waals surface area contributed by atoms with E-state index in [2.05, 4.69) is 4.98 Å². The lowest BCUT2D eigenvalue weighted by Crippen LogP contribution is -2.47. The molecule has 1 unspecified atom stereocenters. The zero-order valence-corrected chi connectivity index (χ0v) is 13.6. The third-order valence-corrected chi connectivity index (χ3v) is 3.98. The van der Waals surface area contributed by atoms with Crippen molar-refractivity contribution in [2.45, 2.75) is 58.1 Å². The predicted octanol–water partition coefficient (Wildman–Crippen LogP) is 3.51. The minimum atomic E-state index is -0.516. The molecule has 1 aromatic heterocycles. The van der Waals surface area contributed by atoms with Crippen molar-refractivity contribution in [2.75, 3.05) is 6.54 Å². The van der Waals surface area contributed by atoms with Crippen LogP contribution in [-0.4, -0.2) is 39.9 Å². The molecule has 21 heavy (non-hydrogen) atoms. The summed E-state index contributed by atoms with van der Waals surface area (Å²) < 4.78 is 5.44. The normalized spacial score (nSPS) is 19.4. The summed E-state index contributed by atoms with van der Waals surface area (Å²) in [4.78, 5) is 30.2. The maximum Gasteiger partial charge on any atom is 0.410 e. The van der Waals surface area contributed by atoms with Crippen LogP contribution in [0.3, 0.4) is 0 Å². The first-order valence-electron chi connectivity index (χ1n) is 7.28. The fourth-order valence-electron chi connectivity index (χ4n) is 2.44. The molecule has 0 aromatic carbocycles. The second-order valence-corrected chi connectivity index (χ2v) is 7.04. The number of amides is 1. The summed E-state index contributed by atoms with van der Waals surface area (Å²) in [6, 6.07) is -0.0807. The molecule has 0 N–H and O–H groups in total. The van der Waals surface area contributed by atoms with Gasteiger partial charge >= 0.3 is 6.09 Å². The maximum absolute atomic E-state index is 12.3. The summed E-state index contributed by atoms with van der Waals surface area (Å²) in [5.74, 6) is -0.00305. The highest BCUT2D eigenvalue weighted by Gasteiger charge is 2.32. The number of rotatable bonds is 3. The van der Waals surface area contributed by atoms with E-state index in [9.17, 15) is 9.59 Å². The number of aromatic nitrogens is 1. The molecule has 1 saturated heterocycles. The van der Waals surface area contributed by atoms with E-state index in [1.165, 1.54) is 11.3 Å². The van der Waals surface area contributed by atoms with Crippen LogP contribution in [0.4, 0.5) is 4.79 Å². The van der Waals surface area contributed by atoms with Crippen molar-refractivity contribution in [3.05, 3.63) is 16.6 Å². The number of thiazole rings is 1. The van der Waals surface area contributed by atoms with Crippen LogP contribution in [0.25, 0.3) is 0 Å². The van der Waals surface area contributed by atoms with Gasteiger partial charge in [-0.1, -0.05) is 0 Å². The zero-order valence-electron chi connectivity index (χ0n) is 12.8. The van der Waals surface area contributed by atoms with Crippen molar-refractivity contribution in [1.82, 2.24) is 9.88 Å². The number of hydrogen-bond donors (Lipinski definition) is 0. The van der Waals surface area contributed by atoms with E-state index in [0.29, 0.717) is 18.7 Å². The Morgan fingerprint density at radius 3 is 2.81 bits per heavy atom. The molecule has 0 radical (unpaired) electrons. The van der Waals surface area contributed by atoms with Crippen LogP contribution in [0.2, 0.25) is 0 Å². The van der Waals surface area contributed by atoms with Crippen molar-refractivity contribution in [2.24, 2.45) is 0 Å². The van der Waals surface area contributed by atoms with Gasteiger partial charge in [-0.2, -0.15) is 0 Å². The minimum absolute atomic E-state index is 0.00305. The Kier molecular flexibility index (Phi) is 4.98. The summed E-state index contributed by atoms with van der Waals surface area (Å²) in [7, 11) is 0. The van der Waals surface area contributed by atoms with Crippen molar-refractivity contribution in [3.63, 3.8) is 0 Å². The lowest BCUT2D eigenvalue weighted by atomic mass is 9.97. The number of ketones is 1. The van der Waals surface area contributed by atoms with Gasteiger partial charge in [-0.3, -0.25) is 4.79 Å². The van der Waals surface area contributed by atoms with Crippen LogP contribution in [0, 0.1) is 0 Å². The first-order valence-corrected chi connectivity index (χ1v) is 8.22. The van der Waals surface area contributed by atoms with Crippen molar-refractivity contribution >= 4 is 23.2 Å². The standard InChI is InChI=1S/C15H22N2O3S/c1-15(2,3)20-14(19)17-7-5-4-6-11(17)8-13(18)12-9-21-10-16-12/h9-11H,4-8H2,1-3H3. The molecular formula is C15H22N2O3S. The van der Waals surface area contributed by atoms with Crippen LogP contribution in [-0.2, 0) is 4.74 Å². The summed E-state index contributed by atoms with van der Waals surface area (Å²) in [5.41, 5.74) is 1.63. The topological polar surface area (TPSA) is 59.5 Å². The smallest absolute Gasteiger partial charge is 0.410 e. The van der Waals surface area contributed by atoms with Gasteiger partial charge in [0.2, 0.25) is 0 Å². The Morgan fingerprint density at radius 1 is 1.43 bits per heavy atom. The highest BCUT2D eigenvalue weighted by atomic mass is 32.1. The highest BCUT2D eigenvalue weighted by Crippen LogP contribution is 2.23. The van der Waals surface area contributed by atoms with Gasteiger partial charge in [0.15, 0.2) is 5.78 Å². The summed E-state index contributed by atoms with van der Waals surface area (Å²) in [5, 5.41) is 1.75. The fourth-order valence-corrected chi connectivity index (χ4v) is 3.00. The molecule has 0 aliphatic carbocycles. The van der Waals surface area contributed by atoms with E-state index in [1.807, 2.05) is 20.8 Å². The van der Waals surface area contributed by atoms with Crippen molar-refractivity contribution < 1.29 is 14.3 Å². The Hall–Kier alpha value is -1.43. The molecular weight excluding hydrogens is 288 g/mol. The SMILES string of the molecule is CC(C)(C)OC(=O)N1CCCCC1CC(=O)c1cscn1. The van der Waals surface area contributed by atoms with Gasteiger partial charge < -0.3 is 9.64 Å². The predicted molar refractivity (Wildman–Crippen MR) is 81.6 cm³/mol. The molecule has 0 spiro atoms. The lowest BCUT2D eigenvalue weighted by molar-refractivity contribution is 0.00944. The van der Waals surface area contributed by atoms with Gasteiger partial charge in [-0.15, -0.1) is 11.3 Å². The Labute approximate surface area is 129 Å². The van der Waals surface area contributed by atoms with Crippen LogP contribution in [0.1, 0.15) is 56.9 Å². The Bertz CT molecular complexity index is 494. The average Bonchev–Trinajstić information content (AvgIpc) is 2.91. The Balaban J connectivity index is 2.02. The number of nitrogens with zero attached hydrogens (tertiary/aromatic N) is 2. The van der Waals surface area contributed by atoms with Gasteiger partial charge in [0.1, 0.15) is 11.3 Å². The molecule has 5 nitrogen and oxygen atoms in total. The summed E-state index contributed by atoms with van der Waals surface area (Å²) >= 11 is 1.41. The maximum atomic E-state index is 12.3. The monoisotopic (exact) mass is 310 g/mol. The third kappa shape index (κ3) is 4.52. The number of Topliss-reactive ketones (excluding diaryl/α,β-unsaturated/α-hetero) is 1. The van der Waals surface area contributed by atoms with Gasteiger partial charge in [0.05, 0.1) is 5.51 Å². The summed E-state index contributed by atoms with van der Waals surface area (Å²) in [6.45, 7) is 6.21. The molecule has 2 rings (SSSR count). The first kappa shape index (κ1) is 15.9.